The van der Waals surface area contributed by atoms with Crippen molar-refractivity contribution in [1.82, 2.24) is 0 Å². The normalized spacial score (nSPS) is 14.2. The van der Waals surface area contributed by atoms with Crippen molar-refractivity contribution in [2.45, 2.75) is 72.6 Å². The van der Waals surface area contributed by atoms with Crippen molar-refractivity contribution >= 4 is 5.97 Å². The molecule has 0 amide bonds. The number of hydrogen-bond donors (Lipinski definition) is 0. The molecule has 0 aromatic carbocycles. The molecule has 0 aliphatic rings. The largest absolute Gasteiger partial charge is 0.466 e. The van der Waals surface area contributed by atoms with Crippen LogP contribution >= 0.6 is 0 Å². The van der Waals surface area contributed by atoms with Gasteiger partial charge in [-0.1, -0.05) is 39.0 Å². The minimum atomic E-state index is -0.485. The Morgan fingerprint density at radius 2 is 1.70 bits per heavy atom. The number of hydrogen-bond acceptors (Lipinski definition) is 2. The van der Waals surface area contributed by atoms with E-state index in [4.69, 9.17) is 11.2 Å². The van der Waals surface area contributed by atoms with Crippen molar-refractivity contribution in [2.24, 2.45) is 10.8 Å². The zero-order chi connectivity index (χ0) is 17.8. The SMILES string of the molecule is C#CCC(CC)(CC)C/C=C/CC(CC)(CC=C)C(=O)OCC. The number of esters is 1. The summed E-state index contributed by atoms with van der Waals surface area (Å²) in [4.78, 5) is 12.4. The summed E-state index contributed by atoms with van der Waals surface area (Å²) in [5.74, 6) is 2.70. The lowest BCUT2D eigenvalue weighted by molar-refractivity contribution is -0.155. The molecule has 0 saturated heterocycles. The minimum absolute atomic E-state index is 0.118. The summed E-state index contributed by atoms with van der Waals surface area (Å²) in [6, 6.07) is 0. The van der Waals surface area contributed by atoms with Gasteiger partial charge in [0.15, 0.2) is 0 Å². The van der Waals surface area contributed by atoms with Crippen LogP contribution in [0.2, 0.25) is 0 Å². The molecule has 2 heteroatoms. The molecule has 0 spiro atoms. The van der Waals surface area contributed by atoms with Gasteiger partial charge in [0, 0.05) is 6.42 Å². The van der Waals surface area contributed by atoms with Crippen LogP contribution in [-0.2, 0) is 9.53 Å². The average molecular weight is 319 g/mol. The van der Waals surface area contributed by atoms with Crippen LogP contribution in [0.3, 0.4) is 0 Å². The number of carbonyl (C=O) groups excluding carboxylic acids is 1. The van der Waals surface area contributed by atoms with E-state index < -0.39 is 5.41 Å². The van der Waals surface area contributed by atoms with E-state index in [9.17, 15) is 4.79 Å². The Labute approximate surface area is 143 Å². The maximum absolute atomic E-state index is 12.4. The van der Waals surface area contributed by atoms with Crippen LogP contribution in [-0.4, -0.2) is 12.6 Å². The van der Waals surface area contributed by atoms with Crippen LogP contribution in [0.25, 0.3) is 0 Å². The lowest BCUT2D eigenvalue weighted by Gasteiger charge is -2.29. The lowest BCUT2D eigenvalue weighted by atomic mass is 9.75. The molecule has 1 unspecified atom stereocenters. The Kier molecular flexibility index (Phi) is 10.4. The molecule has 1 atom stereocenters. The molecule has 23 heavy (non-hydrogen) atoms. The second kappa shape index (κ2) is 11.1. The molecule has 0 aromatic rings. The number of terminal acetylenes is 1. The summed E-state index contributed by atoms with van der Waals surface area (Å²) >= 11 is 0. The van der Waals surface area contributed by atoms with Crippen LogP contribution in [0, 0.1) is 23.2 Å². The van der Waals surface area contributed by atoms with Crippen molar-refractivity contribution < 1.29 is 9.53 Å². The first-order valence-corrected chi connectivity index (χ1v) is 8.86. The van der Waals surface area contributed by atoms with Crippen molar-refractivity contribution in [2.75, 3.05) is 6.61 Å². The summed E-state index contributed by atoms with van der Waals surface area (Å²) in [6.45, 7) is 12.5. The Hall–Kier alpha value is -1.49. The second-order valence-corrected chi connectivity index (χ2v) is 6.31. The predicted molar refractivity (Wildman–Crippen MR) is 99.0 cm³/mol. The minimum Gasteiger partial charge on any atom is -0.466 e. The molecule has 0 aliphatic heterocycles. The molecule has 0 radical (unpaired) electrons. The third-order valence-corrected chi connectivity index (χ3v) is 5.12. The maximum atomic E-state index is 12.4. The van der Waals surface area contributed by atoms with E-state index in [0.717, 1.165) is 32.1 Å². The van der Waals surface area contributed by atoms with E-state index in [1.54, 1.807) is 0 Å². The molecule has 0 bridgehead atoms. The molecule has 0 aliphatic carbocycles. The van der Waals surface area contributed by atoms with Gasteiger partial charge in [0.25, 0.3) is 0 Å². The van der Waals surface area contributed by atoms with Gasteiger partial charge in [0.05, 0.1) is 12.0 Å². The highest BCUT2D eigenvalue weighted by Gasteiger charge is 2.35. The molecule has 0 rings (SSSR count). The van der Waals surface area contributed by atoms with Gasteiger partial charge in [-0.2, -0.15) is 0 Å². The molecular weight excluding hydrogens is 284 g/mol. The van der Waals surface area contributed by atoms with Gasteiger partial charge in [-0.05, 0) is 50.9 Å². The summed E-state index contributed by atoms with van der Waals surface area (Å²) < 4.78 is 5.28. The van der Waals surface area contributed by atoms with Crippen LogP contribution in [0.4, 0.5) is 0 Å². The number of ether oxygens (including phenoxy) is 1. The first kappa shape index (κ1) is 21.5. The number of allylic oxidation sites excluding steroid dienone is 3. The Morgan fingerprint density at radius 1 is 1.09 bits per heavy atom. The predicted octanol–water partition coefficient (Wildman–Crippen LogP) is 5.69. The van der Waals surface area contributed by atoms with E-state index in [2.05, 4.69) is 38.5 Å². The fourth-order valence-electron chi connectivity index (χ4n) is 2.96. The van der Waals surface area contributed by atoms with E-state index in [1.807, 2.05) is 19.9 Å². The molecule has 2 nitrogen and oxygen atoms in total. The third kappa shape index (κ3) is 6.26. The van der Waals surface area contributed by atoms with Gasteiger partial charge < -0.3 is 4.74 Å². The van der Waals surface area contributed by atoms with Gasteiger partial charge in [-0.25, -0.2) is 0 Å². The molecule has 130 valence electrons. The molecule has 0 aromatic heterocycles. The van der Waals surface area contributed by atoms with Crippen molar-refractivity contribution in [3.63, 3.8) is 0 Å². The fourth-order valence-corrected chi connectivity index (χ4v) is 2.96. The van der Waals surface area contributed by atoms with Gasteiger partial charge in [-0.15, -0.1) is 18.9 Å². The molecule has 0 heterocycles. The van der Waals surface area contributed by atoms with Crippen LogP contribution in [0.5, 0.6) is 0 Å². The zero-order valence-electron chi connectivity index (χ0n) is 15.5. The first-order chi connectivity index (χ1) is 11.0. The van der Waals surface area contributed by atoms with Gasteiger partial charge in [-0.3, -0.25) is 4.79 Å². The monoisotopic (exact) mass is 318 g/mol. The summed E-state index contributed by atoms with van der Waals surface area (Å²) in [5.41, 5.74) is -0.302. The van der Waals surface area contributed by atoms with Crippen LogP contribution in [0.15, 0.2) is 24.8 Å². The Morgan fingerprint density at radius 3 is 2.13 bits per heavy atom. The lowest BCUT2D eigenvalue weighted by Crippen LogP contribution is -2.31. The number of rotatable bonds is 12. The van der Waals surface area contributed by atoms with E-state index in [0.29, 0.717) is 19.4 Å². The molecule has 0 saturated carbocycles. The Bertz CT molecular complexity index is 424. The molecule has 0 fully saturated rings. The fraction of sp³-hybridized carbons (Fsp3) is 0.667. The third-order valence-electron chi connectivity index (χ3n) is 5.12. The molecule has 0 N–H and O–H groups in total. The summed E-state index contributed by atoms with van der Waals surface area (Å²) in [5, 5.41) is 0. The van der Waals surface area contributed by atoms with Crippen LogP contribution < -0.4 is 0 Å². The highest BCUT2D eigenvalue weighted by molar-refractivity contribution is 5.77. The van der Waals surface area contributed by atoms with Crippen molar-refractivity contribution in [3.05, 3.63) is 24.8 Å². The van der Waals surface area contributed by atoms with Crippen LogP contribution in [0.1, 0.15) is 72.6 Å². The van der Waals surface area contributed by atoms with Crippen molar-refractivity contribution in [3.8, 4) is 12.3 Å². The van der Waals surface area contributed by atoms with Crippen molar-refractivity contribution in [1.29, 1.82) is 0 Å². The number of carbonyl (C=O) groups is 1. The highest BCUT2D eigenvalue weighted by Crippen LogP contribution is 2.36. The van der Waals surface area contributed by atoms with Gasteiger partial charge in [0.2, 0.25) is 0 Å². The van der Waals surface area contributed by atoms with E-state index >= 15 is 0 Å². The second-order valence-electron chi connectivity index (χ2n) is 6.31. The average Bonchev–Trinajstić information content (AvgIpc) is 2.56. The maximum Gasteiger partial charge on any atom is 0.312 e. The summed E-state index contributed by atoms with van der Waals surface area (Å²) in [7, 11) is 0. The highest BCUT2D eigenvalue weighted by atomic mass is 16.5. The molecular formula is C21H34O2. The zero-order valence-corrected chi connectivity index (χ0v) is 15.5. The standard InChI is InChI=1S/C21H34O2/c1-7-15-20(9-3,10-4)17-13-14-18-21(11-5,16-8-2)19(22)23-12-6/h1,8,13-14H,2,9-12,15-18H2,3-6H3/b14-13+. The quantitative estimate of drug-likeness (QED) is 0.262. The van der Waals surface area contributed by atoms with E-state index in [1.165, 1.54) is 0 Å². The van der Waals surface area contributed by atoms with Gasteiger partial charge in [0.1, 0.15) is 0 Å². The first-order valence-electron chi connectivity index (χ1n) is 8.86. The summed E-state index contributed by atoms with van der Waals surface area (Å²) in [6.07, 6.45) is 17.6. The Balaban J connectivity index is 5.00. The smallest absolute Gasteiger partial charge is 0.312 e. The van der Waals surface area contributed by atoms with Gasteiger partial charge >= 0.3 is 5.97 Å². The topological polar surface area (TPSA) is 26.3 Å². The van der Waals surface area contributed by atoms with E-state index in [-0.39, 0.29) is 11.4 Å².